The molecule has 3 heterocycles. The summed E-state index contributed by atoms with van der Waals surface area (Å²) < 4.78 is 0.190. The van der Waals surface area contributed by atoms with E-state index >= 15 is 0 Å². The summed E-state index contributed by atoms with van der Waals surface area (Å²) in [5.74, 6) is -0.0299. The number of hydrogen-bond acceptors (Lipinski definition) is 5. The number of piperazine rings is 1. The monoisotopic (exact) mass is 338 g/mol. The van der Waals surface area contributed by atoms with Crippen molar-refractivity contribution in [3.8, 4) is 0 Å². The maximum Gasteiger partial charge on any atom is 0.272 e. The predicted molar refractivity (Wildman–Crippen MR) is 90.7 cm³/mol. The van der Waals surface area contributed by atoms with Crippen molar-refractivity contribution in [1.82, 2.24) is 14.8 Å². The topological polar surface area (TPSA) is 48.8 Å². The summed E-state index contributed by atoms with van der Waals surface area (Å²) in [4.78, 5) is 25.3. The second-order valence-corrected chi connectivity index (χ2v) is 8.21. The van der Waals surface area contributed by atoms with Crippen LogP contribution in [-0.2, 0) is 0 Å². The number of aromatic nitrogens is 1. The number of halogens is 1. The second-order valence-electron chi connectivity index (χ2n) is 6.10. The van der Waals surface area contributed by atoms with Crippen LogP contribution in [0.3, 0.4) is 0 Å². The third-order valence-electron chi connectivity index (χ3n) is 3.75. The third-order valence-corrected chi connectivity index (χ3v) is 5.22. The van der Waals surface area contributed by atoms with Gasteiger partial charge in [0.25, 0.3) is 5.91 Å². The van der Waals surface area contributed by atoms with Gasteiger partial charge in [-0.2, -0.15) is 0 Å². The van der Waals surface area contributed by atoms with Gasteiger partial charge in [0.1, 0.15) is 5.69 Å². The minimum atomic E-state index is -0.0299. The molecule has 1 aromatic heterocycles. The number of aliphatic imine (C=N–C) groups is 1. The molecule has 0 N–H and O–H groups in total. The van der Waals surface area contributed by atoms with Gasteiger partial charge in [0.05, 0.1) is 11.6 Å². The second kappa shape index (κ2) is 6.08. The number of amidine groups is 1. The summed E-state index contributed by atoms with van der Waals surface area (Å²) >= 11 is 7.63. The van der Waals surface area contributed by atoms with Crippen LogP contribution in [0, 0.1) is 0 Å². The first-order valence-corrected chi connectivity index (χ1v) is 8.53. The average molecular weight is 339 g/mol. The number of rotatable bonds is 1. The summed E-state index contributed by atoms with van der Waals surface area (Å²) in [7, 11) is 0. The van der Waals surface area contributed by atoms with E-state index < -0.39 is 0 Å². The number of pyridine rings is 1. The molecule has 1 aromatic rings. The van der Waals surface area contributed by atoms with Gasteiger partial charge < -0.3 is 9.80 Å². The van der Waals surface area contributed by atoms with E-state index in [1.807, 2.05) is 16.7 Å². The van der Waals surface area contributed by atoms with Gasteiger partial charge in [0.15, 0.2) is 5.17 Å². The van der Waals surface area contributed by atoms with Crippen molar-refractivity contribution in [3.05, 3.63) is 29.0 Å². The van der Waals surface area contributed by atoms with Crippen molar-refractivity contribution < 1.29 is 4.79 Å². The van der Waals surface area contributed by atoms with Gasteiger partial charge >= 0.3 is 0 Å². The van der Waals surface area contributed by atoms with Gasteiger partial charge in [0.2, 0.25) is 0 Å². The van der Waals surface area contributed by atoms with E-state index in [1.54, 1.807) is 12.1 Å². The van der Waals surface area contributed by atoms with Crippen molar-refractivity contribution in [2.24, 2.45) is 4.99 Å². The minimum Gasteiger partial charge on any atom is -0.348 e. The number of nitrogens with zero attached hydrogens (tertiary/aromatic N) is 4. The molecule has 3 rings (SSSR count). The molecule has 0 saturated carbocycles. The van der Waals surface area contributed by atoms with Crippen LogP contribution in [0.15, 0.2) is 23.3 Å². The van der Waals surface area contributed by atoms with E-state index in [-0.39, 0.29) is 10.7 Å². The Balaban J connectivity index is 1.58. The first-order valence-electron chi connectivity index (χ1n) is 7.34. The molecule has 0 unspecified atom stereocenters. The molecule has 0 spiro atoms. The zero-order valence-electron chi connectivity index (χ0n) is 12.8. The SMILES string of the molecule is CC1(C)CN=C(N2CCN(C(=O)c3ccc(Cl)cn3)CC2)S1. The van der Waals surface area contributed by atoms with Crippen LogP contribution in [0.25, 0.3) is 0 Å². The minimum absolute atomic E-state index is 0.0299. The summed E-state index contributed by atoms with van der Waals surface area (Å²) in [6.07, 6.45) is 1.51. The average Bonchev–Trinajstić information content (AvgIpc) is 2.88. The zero-order chi connectivity index (χ0) is 15.7. The molecule has 22 heavy (non-hydrogen) atoms. The van der Waals surface area contributed by atoms with Gasteiger partial charge in [-0.3, -0.25) is 9.79 Å². The third kappa shape index (κ3) is 3.38. The van der Waals surface area contributed by atoms with Gasteiger partial charge in [-0.1, -0.05) is 23.4 Å². The van der Waals surface area contributed by atoms with Crippen LogP contribution in [0.5, 0.6) is 0 Å². The number of carbonyl (C=O) groups is 1. The van der Waals surface area contributed by atoms with Crippen LogP contribution in [0.4, 0.5) is 0 Å². The molecule has 5 nitrogen and oxygen atoms in total. The lowest BCUT2D eigenvalue weighted by atomic mass is 10.2. The van der Waals surface area contributed by atoms with Gasteiger partial charge in [-0.15, -0.1) is 0 Å². The molecule has 0 aromatic carbocycles. The molecule has 0 radical (unpaired) electrons. The van der Waals surface area contributed by atoms with Crippen molar-refractivity contribution >= 4 is 34.4 Å². The predicted octanol–water partition coefficient (Wildman–Crippen LogP) is 2.37. The quantitative estimate of drug-likeness (QED) is 0.788. The van der Waals surface area contributed by atoms with E-state index in [0.29, 0.717) is 23.8 Å². The Kier molecular flexibility index (Phi) is 4.32. The fourth-order valence-electron chi connectivity index (χ4n) is 2.50. The van der Waals surface area contributed by atoms with Crippen LogP contribution in [0.2, 0.25) is 5.02 Å². The number of thioether (sulfide) groups is 1. The van der Waals surface area contributed by atoms with Crippen molar-refractivity contribution in [2.45, 2.75) is 18.6 Å². The highest BCUT2D eigenvalue weighted by Crippen LogP contribution is 2.33. The summed E-state index contributed by atoms with van der Waals surface area (Å²) in [6.45, 7) is 8.32. The molecule has 0 atom stereocenters. The molecule has 1 amide bonds. The van der Waals surface area contributed by atoms with Crippen molar-refractivity contribution in [1.29, 1.82) is 0 Å². The summed E-state index contributed by atoms with van der Waals surface area (Å²) in [5.41, 5.74) is 0.451. The highest BCUT2D eigenvalue weighted by Gasteiger charge is 2.32. The zero-order valence-corrected chi connectivity index (χ0v) is 14.3. The van der Waals surface area contributed by atoms with E-state index in [4.69, 9.17) is 11.6 Å². The highest BCUT2D eigenvalue weighted by molar-refractivity contribution is 8.15. The Morgan fingerprint density at radius 3 is 2.55 bits per heavy atom. The standard InChI is InChI=1S/C15H19ClN4OS/c1-15(2)10-18-14(22-15)20-7-5-19(6-8-20)13(21)12-4-3-11(16)9-17-12/h3-4,9H,5-8,10H2,1-2H3. The van der Waals surface area contributed by atoms with E-state index in [1.165, 1.54) is 6.20 Å². The van der Waals surface area contributed by atoms with Gasteiger partial charge in [-0.25, -0.2) is 4.98 Å². The van der Waals surface area contributed by atoms with Crippen LogP contribution in [-0.4, -0.2) is 63.3 Å². The Hall–Kier alpha value is -1.27. The molecule has 2 aliphatic heterocycles. The van der Waals surface area contributed by atoms with Crippen LogP contribution >= 0.6 is 23.4 Å². The maximum atomic E-state index is 12.4. The molecule has 1 fully saturated rings. The lowest BCUT2D eigenvalue weighted by Gasteiger charge is -2.35. The smallest absolute Gasteiger partial charge is 0.272 e. The molecule has 0 aliphatic carbocycles. The van der Waals surface area contributed by atoms with E-state index in [9.17, 15) is 4.79 Å². The number of amides is 1. The van der Waals surface area contributed by atoms with Crippen molar-refractivity contribution in [3.63, 3.8) is 0 Å². The lowest BCUT2D eigenvalue weighted by molar-refractivity contribution is 0.0688. The van der Waals surface area contributed by atoms with E-state index in [2.05, 4.69) is 28.7 Å². The summed E-state index contributed by atoms with van der Waals surface area (Å²) in [5, 5.41) is 1.65. The molecule has 1 saturated heterocycles. The molecular formula is C15H19ClN4OS. The van der Waals surface area contributed by atoms with Crippen LogP contribution in [0.1, 0.15) is 24.3 Å². The van der Waals surface area contributed by atoms with E-state index in [0.717, 1.165) is 24.8 Å². The summed E-state index contributed by atoms with van der Waals surface area (Å²) in [6, 6.07) is 3.38. The molecule has 2 aliphatic rings. The number of carbonyl (C=O) groups excluding carboxylic acids is 1. The first kappa shape index (κ1) is 15.6. The van der Waals surface area contributed by atoms with Crippen molar-refractivity contribution in [2.75, 3.05) is 32.7 Å². The molecule has 7 heteroatoms. The Bertz CT molecular complexity index is 594. The fraction of sp³-hybridized carbons (Fsp3) is 0.533. The highest BCUT2D eigenvalue weighted by atomic mass is 35.5. The van der Waals surface area contributed by atoms with Crippen LogP contribution < -0.4 is 0 Å². The fourth-order valence-corrected chi connectivity index (χ4v) is 3.68. The first-order chi connectivity index (χ1) is 10.4. The Morgan fingerprint density at radius 1 is 1.27 bits per heavy atom. The maximum absolute atomic E-state index is 12.4. The Labute approximate surface area is 139 Å². The normalized spacial score (nSPS) is 21.0. The number of hydrogen-bond donors (Lipinski definition) is 0. The lowest BCUT2D eigenvalue weighted by Crippen LogP contribution is -2.50. The van der Waals surface area contributed by atoms with Gasteiger partial charge in [-0.05, 0) is 26.0 Å². The Morgan fingerprint density at radius 2 is 2.00 bits per heavy atom. The largest absolute Gasteiger partial charge is 0.348 e. The molecular weight excluding hydrogens is 320 g/mol. The molecule has 0 bridgehead atoms. The molecule has 118 valence electrons. The van der Waals surface area contributed by atoms with Gasteiger partial charge in [0, 0.05) is 37.1 Å².